The van der Waals surface area contributed by atoms with Crippen LogP contribution in [0.2, 0.25) is 0 Å². The molecule has 2 aromatic rings. The van der Waals surface area contributed by atoms with E-state index in [2.05, 4.69) is 38.3 Å². The first-order chi connectivity index (χ1) is 14.7. The molecule has 0 radical (unpaired) electrons. The molecule has 2 heterocycles. The number of allylic oxidation sites excluding steroid dienone is 1. The number of hydrogen-bond acceptors (Lipinski definition) is 5. The van der Waals surface area contributed by atoms with Crippen molar-refractivity contribution in [3.05, 3.63) is 59.7 Å². The van der Waals surface area contributed by atoms with Gasteiger partial charge in [-0.25, -0.2) is 0 Å². The standard InChI is InChI=1S/C25H31N3O3/c1-16(2)14-26-22(30)15-28-19-9-6-5-8-17(19)27-18-12-25(3,4)13-20(29)23(18)24(28)21-10-7-11-31-21/h5-11,16,24,27H,12-15H2,1-4H3,(H,26,30)/t24-/m0/s1. The van der Waals surface area contributed by atoms with Crippen molar-refractivity contribution < 1.29 is 14.0 Å². The van der Waals surface area contributed by atoms with Gasteiger partial charge in [-0.15, -0.1) is 0 Å². The van der Waals surface area contributed by atoms with E-state index in [0.717, 1.165) is 23.5 Å². The Hall–Kier alpha value is -3.02. The van der Waals surface area contributed by atoms with Gasteiger partial charge in [0.2, 0.25) is 5.91 Å². The van der Waals surface area contributed by atoms with Crippen LogP contribution in [-0.4, -0.2) is 24.8 Å². The van der Waals surface area contributed by atoms with Crippen molar-refractivity contribution in [2.75, 3.05) is 23.3 Å². The molecule has 1 aliphatic carbocycles. The Kier molecular flexibility index (Phi) is 5.65. The van der Waals surface area contributed by atoms with E-state index in [1.54, 1.807) is 6.26 Å². The lowest BCUT2D eigenvalue weighted by atomic mass is 9.74. The summed E-state index contributed by atoms with van der Waals surface area (Å²) in [5.74, 6) is 1.04. The molecule has 6 heteroatoms. The number of para-hydroxylation sites is 2. The molecule has 4 rings (SSSR count). The van der Waals surface area contributed by atoms with Crippen LogP contribution in [0.1, 0.15) is 52.3 Å². The Balaban J connectivity index is 1.83. The second-order valence-corrected chi connectivity index (χ2v) is 9.72. The van der Waals surface area contributed by atoms with Crippen molar-refractivity contribution in [3.8, 4) is 0 Å². The fraction of sp³-hybridized carbons (Fsp3) is 0.440. The van der Waals surface area contributed by atoms with Crippen LogP contribution in [0.3, 0.4) is 0 Å². The Morgan fingerprint density at radius 2 is 2.00 bits per heavy atom. The molecule has 0 spiro atoms. The van der Waals surface area contributed by atoms with E-state index in [-0.39, 0.29) is 23.7 Å². The van der Waals surface area contributed by atoms with Gasteiger partial charge in [-0.3, -0.25) is 9.59 Å². The first-order valence-electron chi connectivity index (χ1n) is 10.9. The molecular weight excluding hydrogens is 390 g/mol. The molecule has 2 aliphatic rings. The highest BCUT2D eigenvalue weighted by Gasteiger charge is 2.42. The SMILES string of the molecule is CC(C)CNC(=O)CN1c2ccccc2NC2=C(C(=O)CC(C)(C)C2)[C@@H]1c1ccco1. The number of amides is 1. The lowest BCUT2D eigenvalue weighted by Gasteiger charge is -2.36. The molecule has 1 aromatic heterocycles. The fourth-order valence-corrected chi connectivity index (χ4v) is 4.50. The van der Waals surface area contributed by atoms with Gasteiger partial charge < -0.3 is 20.0 Å². The van der Waals surface area contributed by atoms with Crippen molar-refractivity contribution in [2.45, 2.75) is 46.6 Å². The van der Waals surface area contributed by atoms with Gasteiger partial charge >= 0.3 is 0 Å². The van der Waals surface area contributed by atoms with E-state index in [1.165, 1.54) is 0 Å². The van der Waals surface area contributed by atoms with E-state index in [0.29, 0.717) is 30.2 Å². The molecule has 1 atom stereocenters. The number of benzene rings is 1. The largest absolute Gasteiger partial charge is 0.467 e. The maximum atomic E-state index is 13.4. The van der Waals surface area contributed by atoms with Crippen LogP contribution in [0.15, 0.2) is 58.3 Å². The number of furan rings is 1. The minimum atomic E-state index is -0.463. The van der Waals surface area contributed by atoms with Crippen LogP contribution in [-0.2, 0) is 9.59 Å². The normalized spacial score (nSPS) is 20.1. The Morgan fingerprint density at radius 1 is 1.23 bits per heavy atom. The highest BCUT2D eigenvalue weighted by molar-refractivity contribution is 6.01. The number of nitrogens with one attached hydrogen (secondary N) is 2. The lowest BCUT2D eigenvalue weighted by Crippen LogP contribution is -2.42. The zero-order valence-electron chi connectivity index (χ0n) is 18.7. The Labute approximate surface area is 183 Å². The monoisotopic (exact) mass is 421 g/mol. The van der Waals surface area contributed by atoms with Crippen LogP contribution in [0.25, 0.3) is 0 Å². The zero-order valence-corrected chi connectivity index (χ0v) is 18.7. The number of rotatable bonds is 5. The van der Waals surface area contributed by atoms with Crippen molar-refractivity contribution in [3.63, 3.8) is 0 Å². The van der Waals surface area contributed by atoms with Crippen molar-refractivity contribution in [1.29, 1.82) is 0 Å². The van der Waals surface area contributed by atoms with Crippen molar-refractivity contribution >= 4 is 23.1 Å². The molecule has 0 saturated carbocycles. The number of fused-ring (bicyclic) bond motifs is 1. The fourth-order valence-electron chi connectivity index (χ4n) is 4.50. The van der Waals surface area contributed by atoms with Crippen molar-refractivity contribution in [2.24, 2.45) is 11.3 Å². The third-order valence-electron chi connectivity index (χ3n) is 5.84. The third-order valence-corrected chi connectivity index (χ3v) is 5.84. The third kappa shape index (κ3) is 4.38. The first kappa shape index (κ1) is 21.2. The van der Waals surface area contributed by atoms with Gasteiger partial charge in [-0.2, -0.15) is 0 Å². The summed E-state index contributed by atoms with van der Waals surface area (Å²) < 4.78 is 5.82. The first-order valence-corrected chi connectivity index (χ1v) is 10.9. The van der Waals surface area contributed by atoms with Gasteiger partial charge in [-0.1, -0.05) is 39.8 Å². The highest BCUT2D eigenvalue weighted by Crippen LogP contribution is 2.48. The Bertz CT molecular complexity index is 1000. The van der Waals surface area contributed by atoms with Crippen LogP contribution >= 0.6 is 0 Å². The summed E-state index contributed by atoms with van der Waals surface area (Å²) in [5.41, 5.74) is 3.26. The molecule has 1 aromatic carbocycles. The van der Waals surface area contributed by atoms with Gasteiger partial charge in [0.1, 0.15) is 11.8 Å². The number of carbonyl (C=O) groups excluding carboxylic acids is 2. The summed E-state index contributed by atoms with van der Waals surface area (Å²) in [6, 6.07) is 11.1. The smallest absolute Gasteiger partial charge is 0.239 e. The van der Waals surface area contributed by atoms with Crippen molar-refractivity contribution in [1.82, 2.24) is 5.32 Å². The van der Waals surface area contributed by atoms with E-state index >= 15 is 0 Å². The number of Topliss-reactive ketones (excluding diaryl/α,β-unsaturated/α-hetero) is 1. The number of carbonyl (C=O) groups is 2. The summed E-state index contributed by atoms with van der Waals surface area (Å²) >= 11 is 0. The second kappa shape index (κ2) is 8.25. The van der Waals surface area contributed by atoms with E-state index < -0.39 is 6.04 Å². The molecule has 6 nitrogen and oxygen atoms in total. The molecule has 164 valence electrons. The van der Waals surface area contributed by atoms with E-state index in [9.17, 15) is 9.59 Å². The minimum Gasteiger partial charge on any atom is -0.467 e. The van der Waals surface area contributed by atoms with Gasteiger partial charge in [0.15, 0.2) is 5.78 Å². The maximum Gasteiger partial charge on any atom is 0.239 e. The molecule has 0 fully saturated rings. The molecule has 31 heavy (non-hydrogen) atoms. The molecule has 0 bridgehead atoms. The average Bonchev–Trinajstić information content (AvgIpc) is 3.17. The van der Waals surface area contributed by atoms with Gasteiger partial charge in [0.25, 0.3) is 0 Å². The molecule has 1 amide bonds. The summed E-state index contributed by atoms with van der Waals surface area (Å²) in [4.78, 5) is 28.3. The predicted molar refractivity (Wildman–Crippen MR) is 122 cm³/mol. The molecule has 0 saturated heterocycles. The highest BCUT2D eigenvalue weighted by atomic mass is 16.3. The number of nitrogens with zero attached hydrogens (tertiary/aromatic N) is 1. The number of anilines is 2. The molecule has 0 unspecified atom stereocenters. The van der Waals surface area contributed by atoms with E-state index in [4.69, 9.17) is 4.42 Å². The average molecular weight is 422 g/mol. The minimum absolute atomic E-state index is 0.0762. The molecular formula is C25H31N3O3. The number of ketones is 1. The van der Waals surface area contributed by atoms with Gasteiger partial charge in [-0.05, 0) is 42.0 Å². The predicted octanol–water partition coefficient (Wildman–Crippen LogP) is 4.67. The summed E-state index contributed by atoms with van der Waals surface area (Å²) in [5, 5.41) is 6.55. The topological polar surface area (TPSA) is 74.6 Å². The second-order valence-electron chi connectivity index (χ2n) is 9.72. The van der Waals surface area contributed by atoms with Gasteiger partial charge in [0.05, 0.1) is 24.2 Å². The van der Waals surface area contributed by atoms with Crippen LogP contribution < -0.4 is 15.5 Å². The van der Waals surface area contributed by atoms with Crippen LogP contribution in [0.4, 0.5) is 11.4 Å². The quantitative estimate of drug-likeness (QED) is 0.734. The number of hydrogen-bond donors (Lipinski definition) is 2. The molecule has 1 aliphatic heterocycles. The van der Waals surface area contributed by atoms with Crippen LogP contribution in [0.5, 0.6) is 0 Å². The van der Waals surface area contributed by atoms with E-state index in [1.807, 2.05) is 41.3 Å². The Morgan fingerprint density at radius 3 is 2.71 bits per heavy atom. The van der Waals surface area contributed by atoms with Crippen LogP contribution in [0, 0.1) is 11.3 Å². The maximum absolute atomic E-state index is 13.4. The zero-order chi connectivity index (χ0) is 22.2. The van der Waals surface area contributed by atoms with Gasteiger partial charge in [0, 0.05) is 24.2 Å². The summed E-state index contributed by atoms with van der Waals surface area (Å²) in [7, 11) is 0. The molecule has 2 N–H and O–H groups in total. The summed E-state index contributed by atoms with van der Waals surface area (Å²) in [6.45, 7) is 9.11. The summed E-state index contributed by atoms with van der Waals surface area (Å²) in [6.07, 6.45) is 2.84. The lowest BCUT2D eigenvalue weighted by molar-refractivity contribution is -0.121.